The Morgan fingerprint density at radius 3 is 2.31 bits per heavy atom. The summed E-state index contributed by atoms with van der Waals surface area (Å²) in [6.07, 6.45) is 12.8. The maximum atomic E-state index is 12.5. The van der Waals surface area contributed by atoms with E-state index in [-0.39, 0.29) is 11.9 Å². The molecule has 2 heterocycles. The minimum absolute atomic E-state index is 0.0611. The molecule has 1 saturated carbocycles. The topological polar surface area (TPSA) is 47.6 Å². The molecule has 2 aliphatic heterocycles. The molecule has 0 radical (unpaired) electrons. The molecule has 0 spiro atoms. The zero-order chi connectivity index (χ0) is 18.4. The van der Waals surface area contributed by atoms with E-state index in [0.29, 0.717) is 18.1 Å². The molecule has 2 atom stereocenters. The number of hydrogen-bond donors (Lipinski definition) is 2. The Morgan fingerprint density at radius 1 is 1.00 bits per heavy atom. The highest BCUT2D eigenvalue weighted by atomic mass is 16.2. The summed E-state index contributed by atoms with van der Waals surface area (Å²) in [6, 6.07) is 1.78. The molecule has 3 aliphatic rings. The van der Waals surface area contributed by atoms with Crippen LogP contribution in [0.3, 0.4) is 0 Å². The van der Waals surface area contributed by atoms with E-state index in [9.17, 15) is 4.79 Å². The second kappa shape index (κ2) is 10.0. The molecule has 0 aromatic heterocycles. The molecular weight excluding hydrogens is 324 g/mol. The van der Waals surface area contributed by atoms with E-state index in [1.165, 1.54) is 77.4 Å². The van der Waals surface area contributed by atoms with E-state index >= 15 is 0 Å². The number of nitrogens with one attached hydrogen (secondary N) is 2. The Balaban J connectivity index is 1.57. The Labute approximate surface area is 160 Å². The Kier molecular flexibility index (Phi) is 7.77. The maximum absolute atomic E-state index is 12.5. The zero-order valence-corrected chi connectivity index (χ0v) is 17.0. The fraction of sp³-hybridized carbons (Fsp3) is 0.952. The van der Waals surface area contributed by atoms with Crippen molar-refractivity contribution in [2.75, 3.05) is 33.2 Å². The summed E-state index contributed by atoms with van der Waals surface area (Å²) in [5.41, 5.74) is 0. The summed E-state index contributed by atoms with van der Waals surface area (Å²) in [5, 5.41) is 6.85. The summed E-state index contributed by atoms with van der Waals surface area (Å²) >= 11 is 0. The van der Waals surface area contributed by atoms with Crippen LogP contribution in [-0.2, 0) is 4.79 Å². The Hall–Kier alpha value is -0.650. The fourth-order valence-electron chi connectivity index (χ4n) is 5.38. The predicted molar refractivity (Wildman–Crippen MR) is 107 cm³/mol. The van der Waals surface area contributed by atoms with E-state index in [1.54, 1.807) is 7.05 Å². The molecule has 0 unspecified atom stereocenters. The van der Waals surface area contributed by atoms with Gasteiger partial charge in [0.15, 0.2) is 0 Å². The third-order valence-corrected chi connectivity index (χ3v) is 6.78. The standard InChI is InChI=1S/C21H40N4O/c1-3-12-24-13-10-19(11-14-24)25-16-18(15-20(25)21(26)22-2)23-17-8-6-4-5-7-9-17/h17-20,23H,3-16H2,1-2H3,(H,22,26)/t18-,20+/m1/s1. The molecule has 1 aliphatic carbocycles. The van der Waals surface area contributed by atoms with Crippen molar-refractivity contribution in [1.82, 2.24) is 20.4 Å². The molecule has 0 bridgehead atoms. The SMILES string of the molecule is CCCN1CCC(N2C[C@H](NC3CCCCCC3)C[C@H]2C(=O)NC)CC1. The van der Waals surface area contributed by atoms with Gasteiger partial charge in [-0.15, -0.1) is 0 Å². The van der Waals surface area contributed by atoms with Crippen LogP contribution >= 0.6 is 0 Å². The van der Waals surface area contributed by atoms with Crippen LogP contribution in [0.5, 0.6) is 0 Å². The average molecular weight is 365 g/mol. The van der Waals surface area contributed by atoms with Gasteiger partial charge in [0.2, 0.25) is 5.91 Å². The van der Waals surface area contributed by atoms with Crippen molar-refractivity contribution in [2.45, 2.75) is 95.3 Å². The lowest BCUT2D eigenvalue weighted by Gasteiger charge is -2.38. The maximum Gasteiger partial charge on any atom is 0.237 e. The molecule has 5 nitrogen and oxygen atoms in total. The molecule has 3 rings (SSSR count). The lowest BCUT2D eigenvalue weighted by molar-refractivity contribution is -0.126. The van der Waals surface area contributed by atoms with Crippen LogP contribution in [0.25, 0.3) is 0 Å². The van der Waals surface area contributed by atoms with Gasteiger partial charge >= 0.3 is 0 Å². The molecule has 5 heteroatoms. The minimum atomic E-state index is 0.0611. The molecule has 0 aromatic carbocycles. The lowest BCUT2D eigenvalue weighted by Crippen LogP contribution is -2.51. The number of carbonyl (C=O) groups is 1. The van der Waals surface area contributed by atoms with Crippen molar-refractivity contribution in [1.29, 1.82) is 0 Å². The van der Waals surface area contributed by atoms with Crippen molar-refractivity contribution < 1.29 is 4.79 Å². The van der Waals surface area contributed by atoms with Gasteiger partial charge in [-0.1, -0.05) is 32.6 Å². The number of carbonyl (C=O) groups excluding carboxylic acids is 1. The van der Waals surface area contributed by atoms with Crippen molar-refractivity contribution in [2.24, 2.45) is 0 Å². The predicted octanol–water partition coefficient (Wildman–Crippen LogP) is 2.36. The molecule has 2 saturated heterocycles. The van der Waals surface area contributed by atoms with Crippen LogP contribution in [0.4, 0.5) is 0 Å². The van der Waals surface area contributed by atoms with E-state index < -0.39 is 0 Å². The van der Waals surface area contributed by atoms with Gasteiger partial charge in [-0.25, -0.2) is 0 Å². The van der Waals surface area contributed by atoms with Gasteiger partial charge < -0.3 is 15.5 Å². The highest BCUT2D eigenvalue weighted by Crippen LogP contribution is 2.28. The monoisotopic (exact) mass is 364 g/mol. The van der Waals surface area contributed by atoms with Gasteiger partial charge in [0.1, 0.15) is 0 Å². The van der Waals surface area contributed by atoms with E-state index in [4.69, 9.17) is 0 Å². The third-order valence-electron chi connectivity index (χ3n) is 6.78. The van der Waals surface area contributed by atoms with Gasteiger partial charge in [-0.2, -0.15) is 0 Å². The van der Waals surface area contributed by atoms with Crippen LogP contribution < -0.4 is 10.6 Å². The van der Waals surface area contributed by atoms with E-state index in [1.807, 2.05) is 0 Å². The number of rotatable bonds is 6. The van der Waals surface area contributed by atoms with Crippen molar-refractivity contribution in [3.05, 3.63) is 0 Å². The summed E-state index contributed by atoms with van der Waals surface area (Å²) < 4.78 is 0. The van der Waals surface area contributed by atoms with Gasteiger partial charge in [-0.3, -0.25) is 9.69 Å². The number of likely N-dealkylation sites (tertiary alicyclic amines) is 2. The molecule has 3 fully saturated rings. The normalized spacial score (nSPS) is 30.4. The quantitative estimate of drug-likeness (QED) is 0.711. The second-order valence-electron chi connectivity index (χ2n) is 8.69. The van der Waals surface area contributed by atoms with Gasteiger partial charge in [0.25, 0.3) is 0 Å². The molecule has 2 N–H and O–H groups in total. The summed E-state index contributed by atoms with van der Waals surface area (Å²) in [4.78, 5) is 17.7. The van der Waals surface area contributed by atoms with Gasteiger partial charge in [0.05, 0.1) is 6.04 Å². The first-order valence-corrected chi connectivity index (χ1v) is 11.2. The largest absolute Gasteiger partial charge is 0.358 e. The van der Waals surface area contributed by atoms with Crippen molar-refractivity contribution in [3.63, 3.8) is 0 Å². The number of amides is 1. The van der Waals surface area contributed by atoms with Gasteiger partial charge in [0, 0.05) is 31.7 Å². The number of hydrogen-bond acceptors (Lipinski definition) is 4. The Bertz CT molecular complexity index is 428. The highest BCUT2D eigenvalue weighted by Gasteiger charge is 2.41. The average Bonchev–Trinajstić information content (AvgIpc) is 2.90. The first-order valence-electron chi connectivity index (χ1n) is 11.2. The number of piperidine rings is 1. The minimum Gasteiger partial charge on any atom is -0.358 e. The van der Waals surface area contributed by atoms with E-state index in [2.05, 4.69) is 27.4 Å². The second-order valence-corrected chi connectivity index (χ2v) is 8.69. The summed E-state index contributed by atoms with van der Waals surface area (Å²) in [7, 11) is 1.79. The summed E-state index contributed by atoms with van der Waals surface area (Å²) in [5.74, 6) is 0.214. The molecular formula is C21H40N4O. The third kappa shape index (κ3) is 5.20. The van der Waals surface area contributed by atoms with Crippen molar-refractivity contribution >= 4 is 5.91 Å². The molecule has 0 aromatic rings. The first-order chi connectivity index (χ1) is 12.7. The van der Waals surface area contributed by atoms with E-state index in [0.717, 1.165) is 13.0 Å². The Morgan fingerprint density at radius 2 is 1.69 bits per heavy atom. The molecule has 26 heavy (non-hydrogen) atoms. The molecule has 1 amide bonds. The fourth-order valence-corrected chi connectivity index (χ4v) is 5.38. The van der Waals surface area contributed by atoms with Crippen LogP contribution in [0, 0.1) is 0 Å². The van der Waals surface area contributed by atoms with Crippen LogP contribution in [0.15, 0.2) is 0 Å². The first kappa shape index (κ1) is 20.1. The lowest BCUT2D eigenvalue weighted by atomic mass is 10.0. The number of nitrogens with zero attached hydrogens (tertiary/aromatic N) is 2. The number of likely N-dealkylation sites (N-methyl/N-ethyl adjacent to an activating group) is 1. The highest BCUT2D eigenvalue weighted by molar-refractivity contribution is 5.82. The van der Waals surface area contributed by atoms with Gasteiger partial charge in [-0.05, 0) is 58.2 Å². The van der Waals surface area contributed by atoms with Crippen LogP contribution in [0.2, 0.25) is 0 Å². The zero-order valence-electron chi connectivity index (χ0n) is 17.0. The van der Waals surface area contributed by atoms with Crippen LogP contribution in [-0.4, -0.2) is 73.1 Å². The summed E-state index contributed by atoms with van der Waals surface area (Å²) in [6.45, 7) is 6.91. The molecule has 150 valence electrons. The van der Waals surface area contributed by atoms with Crippen LogP contribution in [0.1, 0.15) is 71.1 Å². The van der Waals surface area contributed by atoms with Crippen molar-refractivity contribution in [3.8, 4) is 0 Å². The smallest absolute Gasteiger partial charge is 0.237 e.